The SMILES string of the molecule is CN(C)CCNC(=O)c1ccc(NC(=O)CCCCC(=O)N2Cc3ccccc3-c3nnn(CCCCC(=O)CN4CCN(CC(=O)O)CCN(CC(=O)O)CCN(CC(=O)O)CC4)c3-c3ccccc32)cc1.CN(C)CCNC(=O)c1ccc(NC(=O)CCCCC(=O)N2Cc3ccccc3-c3nnn(CCCCC(=O)CN4CCN(CC(=O)O)CCN(CC(=O)O)CCN(CC(=O)O)CC4)c3-c3ccccc32)nc1.[177Lu].[177Lu]. The minimum absolute atomic E-state index is 0. The Balaban J connectivity index is 0.000000324. The summed E-state index contributed by atoms with van der Waals surface area (Å²) < 4.78 is 3.66. The number of nitrogens with one attached hydrogen (secondary N) is 4. The normalized spacial score (nSPS) is 14.9. The summed E-state index contributed by atoms with van der Waals surface area (Å²) >= 11 is 0. The van der Waals surface area contributed by atoms with E-state index in [0.717, 1.165) is 51.3 Å². The van der Waals surface area contributed by atoms with E-state index in [9.17, 15) is 97.8 Å². The molecule has 45 heteroatoms. The molecule has 2 radical (unpaired) electrons. The van der Waals surface area contributed by atoms with E-state index in [2.05, 4.69) is 46.9 Å². The van der Waals surface area contributed by atoms with Crippen LogP contribution in [0.1, 0.15) is 122 Å². The van der Waals surface area contributed by atoms with Crippen LogP contribution in [0.5, 0.6) is 0 Å². The first-order valence-electron chi connectivity index (χ1n) is 49.7. The number of nitrogens with zero attached hydrogens (tertiary/aromatic N) is 19. The van der Waals surface area contributed by atoms with Crippen LogP contribution < -0.4 is 31.1 Å². The first-order chi connectivity index (χ1) is 70.3. The second-order valence-electron chi connectivity index (χ2n) is 37.5. The summed E-state index contributed by atoms with van der Waals surface area (Å²) in [6.45, 7) is 7.65. The number of carboxylic acids is 6. The third-order valence-corrected chi connectivity index (χ3v) is 25.6. The number of amides is 6. The van der Waals surface area contributed by atoms with Gasteiger partial charge in [-0.2, -0.15) is 0 Å². The number of carbonyl (C=O) groups is 14. The Morgan fingerprint density at radius 1 is 0.331 bits per heavy atom. The van der Waals surface area contributed by atoms with Crippen LogP contribution in [0.4, 0.5) is 22.9 Å². The Labute approximate surface area is 919 Å². The van der Waals surface area contributed by atoms with E-state index in [4.69, 9.17) is 0 Å². The number of para-hydroxylation sites is 2. The van der Waals surface area contributed by atoms with Crippen molar-refractivity contribution in [2.45, 2.75) is 116 Å². The maximum absolute atomic E-state index is 14.2. The summed E-state index contributed by atoms with van der Waals surface area (Å²) in [7, 11) is 7.71. The van der Waals surface area contributed by atoms with Gasteiger partial charge in [-0.25, -0.2) is 14.3 Å². The predicted octanol–water partition coefficient (Wildman–Crippen LogP) is 5.72. The molecule has 2 saturated heterocycles. The molecule has 7 heterocycles. The van der Waals surface area contributed by atoms with Crippen molar-refractivity contribution in [3.8, 4) is 45.0 Å². The fourth-order valence-electron chi connectivity index (χ4n) is 17.9. The molecule has 0 spiro atoms. The van der Waals surface area contributed by atoms with Crippen LogP contribution in [-0.2, 0) is 83.7 Å². The number of pyridine rings is 1. The van der Waals surface area contributed by atoms with Crippen molar-refractivity contribution in [1.82, 2.24) is 94.6 Å². The Bertz CT molecular complexity index is 5370. The van der Waals surface area contributed by atoms with Gasteiger partial charge in [0.1, 0.15) is 28.8 Å². The zero-order valence-corrected chi connectivity index (χ0v) is 87.5. The molecule has 0 aliphatic carbocycles. The van der Waals surface area contributed by atoms with Crippen molar-refractivity contribution in [3.63, 3.8) is 0 Å². The van der Waals surface area contributed by atoms with Gasteiger partial charge in [-0.05, 0) is 139 Å². The topological polar surface area (TPSA) is 522 Å². The number of aryl methyl sites for hydroxylation is 2. The van der Waals surface area contributed by atoms with Gasteiger partial charge in [0.05, 0.1) is 93.8 Å². The van der Waals surface area contributed by atoms with Crippen molar-refractivity contribution in [2.75, 3.05) is 232 Å². The Morgan fingerprint density at radius 3 is 0.973 bits per heavy atom. The van der Waals surface area contributed by atoms with Crippen LogP contribution >= 0.6 is 0 Å². The molecule has 8 aromatic rings. The van der Waals surface area contributed by atoms with Crippen molar-refractivity contribution in [3.05, 3.63) is 162 Å². The summed E-state index contributed by atoms with van der Waals surface area (Å²) in [5.74, 6) is -6.88. The van der Waals surface area contributed by atoms with Crippen LogP contribution in [0.3, 0.4) is 0 Å². The van der Waals surface area contributed by atoms with E-state index in [-0.39, 0.29) is 251 Å². The second-order valence-corrected chi connectivity index (χ2v) is 37.5. The third-order valence-electron chi connectivity index (χ3n) is 25.6. The molecule has 3 aromatic heterocycles. The number of carboxylic acid groups (broad SMARTS) is 6. The monoisotopic (exact) mass is 2370 g/mol. The van der Waals surface area contributed by atoms with Gasteiger partial charge in [0.25, 0.3) is 11.8 Å². The average Bonchev–Trinajstić information content (AvgIpc) is 1.57. The van der Waals surface area contributed by atoms with E-state index in [0.29, 0.717) is 208 Å². The number of hydrogen-bond acceptors (Lipinski definition) is 29. The molecular formula is C103H137Lu2N23O20. The molecule has 43 nitrogen and oxygen atoms in total. The van der Waals surface area contributed by atoms with Gasteiger partial charge < -0.3 is 71.5 Å². The molecule has 10 N–H and O–H groups in total. The van der Waals surface area contributed by atoms with Gasteiger partial charge in [-0.3, -0.25) is 106 Å². The first kappa shape index (κ1) is 120. The summed E-state index contributed by atoms with van der Waals surface area (Å²) in [4.78, 5) is 202. The molecule has 0 bridgehead atoms. The smallest absolute Gasteiger partial charge is 0.317 e. The van der Waals surface area contributed by atoms with Crippen molar-refractivity contribution < 1.29 is 172 Å². The molecule has 2 fully saturated rings. The van der Waals surface area contributed by atoms with E-state index in [1.807, 2.05) is 154 Å². The molecule has 814 valence electrons. The Morgan fingerprint density at radius 2 is 0.635 bits per heavy atom. The number of rotatable bonds is 46. The molecule has 5 aromatic carbocycles. The van der Waals surface area contributed by atoms with E-state index in [1.165, 1.54) is 6.20 Å². The fraction of sp³-hybridized carbons (Fsp3) is 0.485. The molecule has 148 heavy (non-hydrogen) atoms. The molecular weight excluding hydrogens is 2230 g/mol. The molecule has 12 rings (SSSR count). The number of ketones is 2. The number of anilines is 4. The molecule has 4 aliphatic heterocycles. The minimum Gasteiger partial charge on any atom is -0.480 e. The van der Waals surface area contributed by atoms with Crippen LogP contribution in [-0.4, -0.2) is 409 Å². The standard InChI is InChI=1S/C52H69N11O10.C51H68N12O10.2Lu/c1-57(2)24-22-53-52(73)38-18-20-40(21-19-38)54-45(65)16-7-8-17-46(66)62-33-39-11-3-4-13-42(39)50-51(43-14-5-6-15-44(43)62)63(56-55-50)23-10-9-12-41(64)34-58-25-27-59(35-47(67)68)29-31-61(37-49(71)72)32-30-60(28-26-58)36-48(69)70;1-57(2)22-20-52-51(73)37-18-19-43(53-31-37)54-44(65)16-7-8-17-45(66)62-32-38-11-3-4-13-40(38)49-50(41-14-5-6-15-42(41)62)63(56-55-49)21-10-9-12-39(64)33-58-23-25-59(34-46(67)68)27-29-61(36-48(71)72)30-28-60(26-24-58)35-47(69)70;;/h3-6,11,13-15,18-21H,7-10,12,16-17,22-37H2,1-2H3,(H,53,73)(H,54,65)(H,67,68)(H,69,70)(H,71,72);3-6,11,13-15,18-19,31H,7-10,12,16-17,20-30,32-36H2,1-2H3,(H,52,73)(H,67,68)(H,69,70)(H,71,72)(H,53,54,65);;/i;;2*1+2. The number of Topliss-reactive ketones (excluding diaryl/α,β-unsaturated/α-hetero) is 2. The van der Waals surface area contributed by atoms with E-state index >= 15 is 0 Å². The van der Waals surface area contributed by atoms with E-state index in [1.54, 1.807) is 75.6 Å². The van der Waals surface area contributed by atoms with Crippen LogP contribution in [0.15, 0.2) is 140 Å². The van der Waals surface area contributed by atoms with Crippen LogP contribution in [0, 0.1) is 73.7 Å². The third kappa shape index (κ3) is 39.5. The number of fused-ring (bicyclic) bond motifs is 10. The van der Waals surface area contributed by atoms with Gasteiger partial charge in [0.2, 0.25) is 23.6 Å². The quantitative estimate of drug-likeness (QED) is 0.0204. The first-order valence-corrected chi connectivity index (χ1v) is 49.7. The average molecular weight is 2370 g/mol. The van der Waals surface area contributed by atoms with Crippen LogP contribution in [0.2, 0.25) is 0 Å². The predicted molar refractivity (Wildman–Crippen MR) is 546 cm³/mol. The summed E-state index contributed by atoms with van der Waals surface area (Å²) in [6, 6.07) is 40.9. The number of benzene rings is 5. The molecule has 6 amide bonds. The van der Waals surface area contributed by atoms with Gasteiger partial charge >= 0.3 is 35.8 Å². The maximum atomic E-state index is 14.2. The number of likely N-dealkylation sites (N-methyl/N-ethyl adjacent to an activating group) is 2. The minimum atomic E-state index is -1.03. The number of unbranched alkanes of at least 4 members (excludes halogenated alkanes) is 4. The zero-order valence-electron chi connectivity index (χ0n) is 84.2. The van der Waals surface area contributed by atoms with Gasteiger partial charge in [-0.15, -0.1) is 10.2 Å². The second kappa shape index (κ2) is 62.3. The molecule has 0 atom stereocenters. The zero-order chi connectivity index (χ0) is 105. The summed E-state index contributed by atoms with van der Waals surface area (Å²) in [5.41, 5.74) is 10.8. The summed E-state index contributed by atoms with van der Waals surface area (Å²) in [6.07, 6.45) is 6.93. The Kier molecular flexibility index (Phi) is 50.5. The number of carbonyl (C=O) groups excluding carboxylic acids is 8. The number of aromatic nitrogens is 7. The summed E-state index contributed by atoms with van der Waals surface area (Å²) in [5, 5.41) is 87.2. The Hall–Kier alpha value is -11.4. The van der Waals surface area contributed by atoms with E-state index < -0.39 is 35.8 Å². The van der Waals surface area contributed by atoms with Gasteiger partial charge in [-0.1, -0.05) is 95.4 Å². The maximum Gasteiger partial charge on any atom is 0.317 e. The largest absolute Gasteiger partial charge is 0.480 e. The fourth-order valence-corrected chi connectivity index (χ4v) is 17.9. The van der Waals surface area contributed by atoms with Crippen molar-refractivity contribution in [2.24, 2.45) is 0 Å². The molecule has 0 unspecified atom stereocenters. The van der Waals surface area contributed by atoms with Crippen molar-refractivity contribution >= 4 is 106 Å². The number of hydrogen-bond donors (Lipinski definition) is 10. The van der Waals surface area contributed by atoms with Crippen molar-refractivity contribution in [1.29, 1.82) is 0 Å². The molecule has 0 saturated carbocycles. The molecule has 4 aliphatic rings. The van der Waals surface area contributed by atoms with Gasteiger partial charge in [0, 0.05) is 296 Å². The van der Waals surface area contributed by atoms with Crippen LogP contribution in [0.25, 0.3) is 45.0 Å². The number of aliphatic carboxylic acids is 6. The van der Waals surface area contributed by atoms with Gasteiger partial charge in [0.15, 0.2) is 0 Å².